The van der Waals surface area contributed by atoms with E-state index in [-0.39, 0.29) is 12.4 Å². The van der Waals surface area contributed by atoms with Crippen LogP contribution in [-0.4, -0.2) is 20.8 Å². The number of hydrogen-bond acceptors (Lipinski definition) is 4. The summed E-state index contributed by atoms with van der Waals surface area (Å²) in [4.78, 5) is 0. The SMILES string of the molecule is NS(=O)(=O)CCOc1ccc(OCc2ccccc2)cc1. The van der Waals surface area contributed by atoms with Crippen molar-refractivity contribution in [3.63, 3.8) is 0 Å². The van der Waals surface area contributed by atoms with Gasteiger partial charge in [-0.25, -0.2) is 13.6 Å². The Morgan fingerprint density at radius 3 is 2.00 bits per heavy atom. The number of ether oxygens (including phenoxy) is 2. The van der Waals surface area contributed by atoms with Crippen molar-refractivity contribution >= 4 is 10.0 Å². The van der Waals surface area contributed by atoms with Crippen molar-refractivity contribution < 1.29 is 17.9 Å². The predicted molar refractivity (Wildman–Crippen MR) is 80.7 cm³/mol. The van der Waals surface area contributed by atoms with Crippen LogP contribution in [0, 0.1) is 0 Å². The van der Waals surface area contributed by atoms with Crippen molar-refractivity contribution in [1.82, 2.24) is 0 Å². The molecule has 0 spiro atoms. The molecule has 112 valence electrons. The Morgan fingerprint density at radius 1 is 0.857 bits per heavy atom. The van der Waals surface area contributed by atoms with Gasteiger partial charge in [0.15, 0.2) is 0 Å². The van der Waals surface area contributed by atoms with E-state index in [9.17, 15) is 8.42 Å². The second kappa shape index (κ2) is 7.10. The van der Waals surface area contributed by atoms with E-state index in [2.05, 4.69) is 0 Å². The van der Waals surface area contributed by atoms with Crippen LogP contribution in [0.4, 0.5) is 0 Å². The van der Waals surface area contributed by atoms with Crippen molar-refractivity contribution in [3.05, 3.63) is 60.2 Å². The van der Waals surface area contributed by atoms with Crippen molar-refractivity contribution in [2.75, 3.05) is 12.4 Å². The molecule has 0 radical (unpaired) electrons. The van der Waals surface area contributed by atoms with E-state index in [4.69, 9.17) is 14.6 Å². The van der Waals surface area contributed by atoms with Gasteiger partial charge in [0.25, 0.3) is 0 Å². The molecule has 0 saturated carbocycles. The first-order valence-electron chi connectivity index (χ1n) is 6.43. The molecule has 5 nitrogen and oxygen atoms in total. The zero-order chi connectivity index (χ0) is 15.1. The van der Waals surface area contributed by atoms with Crippen LogP contribution in [-0.2, 0) is 16.6 Å². The van der Waals surface area contributed by atoms with Gasteiger partial charge < -0.3 is 9.47 Å². The maximum Gasteiger partial charge on any atom is 0.212 e. The smallest absolute Gasteiger partial charge is 0.212 e. The van der Waals surface area contributed by atoms with E-state index < -0.39 is 10.0 Å². The quantitative estimate of drug-likeness (QED) is 0.848. The number of primary sulfonamides is 1. The van der Waals surface area contributed by atoms with E-state index in [1.54, 1.807) is 24.3 Å². The molecule has 2 rings (SSSR count). The lowest BCUT2D eigenvalue weighted by molar-refractivity contribution is 0.304. The van der Waals surface area contributed by atoms with Gasteiger partial charge >= 0.3 is 0 Å². The Labute approximate surface area is 124 Å². The average molecular weight is 307 g/mol. The molecule has 2 N–H and O–H groups in total. The van der Waals surface area contributed by atoms with Crippen LogP contribution in [0.25, 0.3) is 0 Å². The summed E-state index contributed by atoms with van der Waals surface area (Å²) < 4.78 is 32.5. The highest BCUT2D eigenvalue weighted by Crippen LogP contribution is 2.18. The molecule has 21 heavy (non-hydrogen) atoms. The van der Waals surface area contributed by atoms with Crippen LogP contribution >= 0.6 is 0 Å². The Bertz CT molecular complexity index is 654. The maximum atomic E-state index is 10.8. The van der Waals surface area contributed by atoms with Crippen LogP contribution < -0.4 is 14.6 Å². The molecule has 0 bridgehead atoms. The molecule has 2 aromatic carbocycles. The van der Waals surface area contributed by atoms with Gasteiger partial charge in [-0.2, -0.15) is 0 Å². The summed E-state index contributed by atoms with van der Waals surface area (Å²) in [6.07, 6.45) is 0. The number of benzene rings is 2. The lowest BCUT2D eigenvalue weighted by Gasteiger charge is -2.08. The lowest BCUT2D eigenvalue weighted by atomic mass is 10.2. The summed E-state index contributed by atoms with van der Waals surface area (Å²) in [5.41, 5.74) is 1.09. The molecule has 0 aliphatic carbocycles. The van der Waals surface area contributed by atoms with E-state index >= 15 is 0 Å². The van der Waals surface area contributed by atoms with Gasteiger partial charge in [-0.05, 0) is 29.8 Å². The summed E-state index contributed by atoms with van der Waals surface area (Å²) in [5.74, 6) is 1.09. The Morgan fingerprint density at radius 2 is 1.43 bits per heavy atom. The second-order valence-corrected chi connectivity index (χ2v) is 6.20. The molecule has 0 saturated heterocycles. The maximum absolute atomic E-state index is 10.8. The molecule has 0 fully saturated rings. The largest absolute Gasteiger partial charge is 0.492 e. The zero-order valence-electron chi connectivity index (χ0n) is 11.4. The number of nitrogens with two attached hydrogens (primary N) is 1. The fourth-order valence-corrected chi connectivity index (χ4v) is 1.96. The van der Waals surface area contributed by atoms with Crippen molar-refractivity contribution in [2.45, 2.75) is 6.61 Å². The normalized spacial score (nSPS) is 11.1. The third-order valence-electron chi connectivity index (χ3n) is 2.71. The van der Waals surface area contributed by atoms with Crippen molar-refractivity contribution in [1.29, 1.82) is 0 Å². The first-order valence-corrected chi connectivity index (χ1v) is 8.14. The van der Waals surface area contributed by atoms with Gasteiger partial charge in [-0.3, -0.25) is 0 Å². The fourth-order valence-electron chi connectivity index (χ4n) is 1.65. The van der Waals surface area contributed by atoms with Crippen molar-refractivity contribution in [3.8, 4) is 11.5 Å². The van der Waals surface area contributed by atoms with Gasteiger partial charge in [-0.15, -0.1) is 0 Å². The van der Waals surface area contributed by atoms with Gasteiger partial charge in [-0.1, -0.05) is 30.3 Å². The molecule has 0 heterocycles. The second-order valence-electron chi connectivity index (χ2n) is 4.46. The van der Waals surface area contributed by atoms with Crippen LogP contribution in [0.1, 0.15) is 5.56 Å². The highest BCUT2D eigenvalue weighted by molar-refractivity contribution is 7.89. The summed E-state index contributed by atoms with van der Waals surface area (Å²) >= 11 is 0. The van der Waals surface area contributed by atoms with E-state index in [0.717, 1.165) is 11.3 Å². The fraction of sp³-hybridized carbons (Fsp3) is 0.200. The predicted octanol–water partition coefficient (Wildman–Crippen LogP) is 1.93. The first-order chi connectivity index (χ1) is 10.0. The topological polar surface area (TPSA) is 78.6 Å². The highest BCUT2D eigenvalue weighted by atomic mass is 32.2. The first kappa shape index (κ1) is 15.3. The Hall–Kier alpha value is -2.05. The summed E-state index contributed by atoms with van der Waals surface area (Å²) in [6.45, 7) is 0.523. The van der Waals surface area contributed by atoms with Crippen LogP contribution in [0.3, 0.4) is 0 Å². The van der Waals surface area contributed by atoms with Crippen LogP contribution in [0.15, 0.2) is 54.6 Å². The molecule has 0 aromatic heterocycles. The third-order valence-corrected chi connectivity index (χ3v) is 3.44. The van der Waals surface area contributed by atoms with Gasteiger partial charge in [0, 0.05) is 0 Å². The third kappa shape index (κ3) is 5.85. The molecule has 0 atom stereocenters. The van der Waals surface area contributed by atoms with Gasteiger partial charge in [0.2, 0.25) is 10.0 Å². The molecule has 0 amide bonds. The van der Waals surface area contributed by atoms with E-state index in [0.29, 0.717) is 12.4 Å². The number of rotatable bonds is 7. The van der Waals surface area contributed by atoms with Gasteiger partial charge in [0.05, 0.1) is 5.75 Å². The molecule has 2 aromatic rings. The zero-order valence-corrected chi connectivity index (χ0v) is 12.3. The van der Waals surface area contributed by atoms with E-state index in [1.165, 1.54) is 0 Å². The Kier molecular flexibility index (Phi) is 5.19. The van der Waals surface area contributed by atoms with Crippen LogP contribution in [0.5, 0.6) is 11.5 Å². The lowest BCUT2D eigenvalue weighted by Crippen LogP contribution is -2.21. The highest BCUT2D eigenvalue weighted by Gasteiger charge is 2.03. The summed E-state index contributed by atoms with van der Waals surface area (Å²) in [5, 5.41) is 4.89. The Balaban J connectivity index is 1.82. The standard InChI is InChI=1S/C15H17NO4S/c16-21(17,18)11-10-19-14-6-8-15(9-7-14)20-12-13-4-2-1-3-5-13/h1-9H,10-12H2,(H2,16,17,18). The van der Waals surface area contributed by atoms with Gasteiger partial charge in [0.1, 0.15) is 24.7 Å². The van der Waals surface area contributed by atoms with E-state index in [1.807, 2.05) is 30.3 Å². The average Bonchev–Trinajstić information content (AvgIpc) is 2.46. The van der Waals surface area contributed by atoms with Crippen LogP contribution in [0.2, 0.25) is 0 Å². The summed E-state index contributed by atoms with van der Waals surface area (Å²) in [7, 11) is -3.49. The summed E-state index contributed by atoms with van der Waals surface area (Å²) in [6, 6.07) is 16.9. The minimum atomic E-state index is -3.49. The molecule has 6 heteroatoms. The number of hydrogen-bond donors (Lipinski definition) is 1. The number of sulfonamides is 1. The molecule has 0 unspecified atom stereocenters. The molecule has 0 aliphatic rings. The minimum absolute atomic E-state index is 0.0308. The minimum Gasteiger partial charge on any atom is -0.492 e. The monoisotopic (exact) mass is 307 g/mol. The molecular formula is C15H17NO4S. The molecule has 0 aliphatic heterocycles. The van der Waals surface area contributed by atoms with Crippen molar-refractivity contribution in [2.24, 2.45) is 5.14 Å². The molecular weight excluding hydrogens is 290 g/mol.